The number of anilines is 2. The van der Waals surface area contributed by atoms with Gasteiger partial charge in [0.25, 0.3) is 0 Å². The number of rotatable bonds is 5. The van der Waals surface area contributed by atoms with Crippen LogP contribution in [0.5, 0.6) is 0 Å². The monoisotopic (exact) mass is 323 g/mol. The van der Waals surface area contributed by atoms with Crippen molar-refractivity contribution in [1.82, 2.24) is 4.90 Å². The van der Waals surface area contributed by atoms with E-state index in [9.17, 15) is 4.79 Å². The molecule has 0 atom stereocenters. The number of carbonyl (C=O) groups excluding carboxylic acids is 1. The molecule has 2 aromatic rings. The highest BCUT2D eigenvalue weighted by atomic mass is 16.2. The third-order valence-electron chi connectivity index (χ3n) is 4.64. The van der Waals surface area contributed by atoms with Crippen LogP contribution in [0.15, 0.2) is 54.6 Å². The Morgan fingerprint density at radius 3 is 2.38 bits per heavy atom. The lowest BCUT2D eigenvalue weighted by Gasteiger charge is -2.31. The Balaban J connectivity index is 1.41. The molecule has 1 aliphatic rings. The second-order valence-electron chi connectivity index (χ2n) is 6.58. The fraction of sp³-hybridized carbons (Fsp3) is 0.350. The zero-order valence-corrected chi connectivity index (χ0v) is 13.9. The van der Waals surface area contributed by atoms with Gasteiger partial charge in [-0.1, -0.05) is 30.3 Å². The lowest BCUT2D eigenvalue weighted by Crippen LogP contribution is -2.39. The number of nitrogens with one attached hydrogen (secondary N) is 1. The molecule has 0 spiro atoms. The van der Waals surface area contributed by atoms with E-state index in [0.29, 0.717) is 12.2 Å². The second-order valence-corrected chi connectivity index (χ2v) is 6.58. The van der Waals surface area contributed by atoms with Crippen LogP contribution in [0.1, 0.15) is 18.4 Å². The Labute approximate surface area is 143 Å². The molecule has 1 aliphatic heterocycles. The third-order valence-corrected chi connectivity index (χ3v) is 4.64. The van der Waals surface area contributed by atoms with Gasteiger partial charge in [0, 0.05) is 11.4 Å². The van der Waals surface area contributed by atoms with Gasteiger partial charge in [-0.2, -0.15) is 0 Å². The van der Waals surface area contributed by atoms with Crippen molar-refractivity contribution in [3.8, 4) is 0 Å². The SMILES string of the molecule is Nc1ccc(NC(=O)CN2CCC(Cc3ccccc3)CC2)cc1. The predicted octanol–water partition coefficient (Wildman–Crippen LogP) is 3.16. The number of carbonyl (C=O) groups is 1. The van der Waals surface area contributed by atoms with Gasteiger partial charge >= 0.3 is 0 Å². The number of benzene rings is 2. The summed E-state index contributed by atoms with van der Waals surface area (Å²) in [5.41, 5.74) is 8.57. The van der Waals surface area contributed by atoms with Gasteiger partial charge in [0.2, 0.25) is 5.91 Å². The minimum atomic E-state index is 0.0429. The van der Waals surface area contributed by atoms with E-state index in [1.807, 2.05) is 12.1 Å². The number of hydrogen-bond acceptors (Lipinski definition) is 3. The highest BCUT2D eigenvalue weighted by molar-refractivity contribution is 5.92. The normalized spacial score (nSPS) is 16.0. The fourth-order valence-corrected chi connectivity index (χ4v) is 3.27. The highest BCUT2D eigenvalue weighted by Gasteiger charge is 2.21. The smallest absolute Gasteiger partial charge is 0.238 e. The first-order valence-electron chi connectivity index (χ1n) is 8.61. The van der Waals surface area contributed by atoms with Crippen molar-refractivity contribution >= 4 is 17.3 Å². The van der Waals surface area contributed by atoms with Gasteiger partial charge < -0.3 is 11.1 Å². The standard InChI is InChI=1S/C20H25N3O/c21-18-6-8-19(9-7-18)22-20(24)15-23-12-10-17(11-13-23)14-16-4-2-1-3-5-16/h1-9,17H,10-15,21H2,(H,22,24). The van der Waals surface area contributed by atoms with E-state index in [-0.39, 0.29) is 5.91 Å². The molecular formula is C20H25N3O. The van der Waals surface area contributed by atoms with E-state index in [2.05, 4.69) is 40.5 Å². The largest absolute Gasteiger partial charge is 0.399 e. The molecule has 0 aromatic heterocycles. The van der Waals surface area contributed by atoms with Crippen LogP contribution >= 0.6 is 0 Å². The fourth-order valence-electron chi connectivity index (χ4n) is 3.27. The summed E-state index contributed by atoms with van der Waals surface area (Å²) in [5.74, 6) is 0.769. The first-order valence-corrected chi connectivity index (χ1v) is 8.61. The van der Waals surface area contributed by atoms with E-state index >= 15 is 0 Å². The van der Waals surface area contributed by atoms with Crippen LogP contribution in [-0.2, 0) is 11.2 Å². The van der Waals surface area contributed by atoms with Gasteiger partial charge in [-0.15, -0.1) is 0 Å². The van der Waals surface area contributed by atoms with E-state index in [1.54, 1.807) is 12.1 Å². The van der Waals surface area contributed by atoms with E-state index < -0.39 is 0 Å². The first kappa shape index (κ1) is 16.5. The molecule has 1 saturated heterocycles. The summed E-state index contributed by atoms with van der Waals surface area (Å²) in [6, 6.07) is 17.9. The van der Waals surface area contributed by atoms with Gasteiger partial charge in [0.05, 0.1) is 6.54 Å². The molecule has 24 heavy (non-hydrogen) atoms. The maximum atomic E-state index is 12.2. The summed E-state index contributed by atoms with van der Waals surface area (Å²) in [6.45, 7) is 2.45. The van der Waals surface area contributed by atoms with Crippen molar-refractivity contribution in [3.63, 3.8) is 0 Å². The first-order chi connectivity index (χ1) is 11.7. The second kappa shape index (κ2) is 7.97. The predicted molar refractivity (Wildman–Crippen MR) is 98.8 cm³/mol. The van der Waals surface area contributed by atoms with Crippen LogP contribution in [0.3, 0.4) is 0 Å². The molecule has 1 fully saturated rings. The van der Waals surface area contributed by atoms with Crippen LogP contribution in [0.4, 0.5) is 11.4 Å². The van der Waals surface area contributed by atoms with Crippen molar-refractivity contribution < 1.29 is 4.79 Å². The van der Waals surface area contributed by atoms with Crippen LogP contribution < -0.4 is 11.1 Å². The van der Waals surface area contributed by atoms with Gasteiger partial charge in [-0.25, -0.2) is 0 Å². The van der Waals surface area contributed by atoms with Crippen LogP contribution in [0, 0.1) is 5.92 Å². The molecule has 1 heterocycles. The van der Waals surface area contributed by atoms with Gasteiger partial charge in [-0.05, 0) is 68.1 Å². The van der Waals surface area contributed by atoms with Crippen LogP contribution in [-0.4, -0.2) is 30.4 Å². The average Bonchev–Trinajstić information content (AvgIpc) is 2.60. The third kappa shape index (κ3) is 4.83. The molecule has 0 aliphatic carbocycles. The Morgan fingerprint density at radius 1 is 1.04 bits per heavy atom. The number of nitrogen functional groups attached to an aromatic ring is 1. The molecule has 1 amide bonds. The van der Waals surface area contributed by atoms with Gasteiger partial charge in [0.15, 0.2) is 0 Å². The summed E-state index contributed by atoms with van der Waals surface area (Å²) < 4.78 is 0. The van der Waals surface area contributed by atoms with Crippen LogP contribution in [0.25, 0.3) is 0 Å². The van der Waals surface area contributed by atoms with Crippen molar-refractivity contribution in [2.75, 3.05) is 30.7 Å². The minimum Gasteiger partial charge on any atom is -0.399 e. The molecule has 2 aromatic carbocycles. The minimum absolute atomic E-state index is 0.0429. The molecule has 3 rings (SSSR count). The zero-order valence-electron chi connectivity index (χ0n) is 13.9. The molecule has 3 N–H and O–H groups in total. The number of hydrogen-bond donors (Lipinski definition) is 2. The van der Waals surface area contributed by atoms with Crippen molar-refractivity contribution in [2.45, 2.75) is 19.3 Å². The van der Waals surface area contributed by atoms with Crippen molar-refractivity contribution in [2.24, 2.45) is 5.92 Å². The average molecular weight is 323 g/mol. The van der Waals surface area contributed by atoms with Crippen LogP contribution in [0.2, 0.25) is 0 Å². The Bertz CT molecular complexity index is 646. The number of nitrogens with zero attached hydrogens (tertiary/aromatic N) is 1. The Hall–Kier alpha value is -2.33. The molecule has 0 bridgehead atoms. The summed E-state index contributed by atoms with van der Waals surface area (Å²) in [7, 11) is 0. The summed E-state index contributed by atoms with van der Waals surface area (Å²) in [6.07, 6.45) is 3.46. The summed E-state index contributed by atoms with van der Waals surface area (Å²) in [5, 5.41) is 2.93. The molecule has 126 valence electrons. The quantitative estimate of drug-likeness (QED) is 0.831. The number of likely N-dealkylation sites (tertiary alicyclic amines) is 1. The lowest BCUT2D eigenvalue weighted by atomic mass is 9.90. The maximum Gasteiger partial charge on any atom is 0.238 e. The molecule has 0 saturated carbocycles. The van der Waals surface area contributed by atoms with Gasteiger partial charge in [-0.3, -0.25) is 9.69 Å². The number of nitrogens with two attached hydrogens (primary N) is 1. The Morgan fingerprint density at radius 2 is 1.71 bits per heavy atom. The summed E-state index contributed by atoms with van der Waals surface area (Å²) >= 11 is 0. The zero-order chi connectivity index (χ0) is 16.8. The molecule has 0 unspecified atom stereocenters. The lowest BCUT2D eigenvalue weighted by molar-refractivity contribution is -0.117. The molecule has 4 nitrogen and oxygen atoms in total. The number of piperidine rings is 1. The topological polar surface area (TPSA) is 58.4 Å². The molecular weight excluding hydrogens is 298 g/mol. The van der Waals surface area contributed by atoms with Gasteiger partial charge in [0.1, 0.15) is 0 Å². The van der Waals surface area contributed by atoms with Crippen molar-refractivity contribution in [3.05, 3.63) is 60.2 Å². The number of amides is 1. The molecule has 0 radical (unpaired) electrons. The maximum absolute atomic E-state index is 12.2. The molecule has 4 heteroatoms. The Kier molecular flexibility index (Phi) is 5.49. The van der Waals surface area contributed by atoms with E-state index in [4.69, 9.17) is 5.73 Å². The highest BCUT2D eigenvalue weighted by Crippen LogP contribution is 2.21. The summed E-state index contributed by atoms with van der Waals surface area (Å²) in [4.78, 5) is 14.4. The van der Waals surface area contributed by atoms with E-state index in [1.165, 1.54) is 5.56 Å². The van der Waals surface area contributed by atoms with Crippen molar-refractivity contribution in [1.29, 1.82) is 0 Å². The van der Waals surface area contributed by atoms with E-state index in [0.717, 1.165) is 44.0 Å².